The topological polar surface area (TPSA) is 88.3 Å². The first-order valence-electron chi connectivity index (χ1n) is 9.96. The first-order valence-corrected chi connectivity index (χ1v) is 9.96. The maximum absolute atomic E-state index is 13.1. The number of carbonyl (C=O) groups is 1. The average molecular weight is 417 g/mol. The Kier molecular flexibility index (Phi) is 4.58. The van der Waals surface area contributed by atoms with E-state index in [9.17, 15) is 9.18 Å². The van der Waals surface area contributed by atoms with Gasteiger partial charge in [0.2, 0.25) is 0 Å². The van der Waals surface area contributed by atoms with Gasteiger partial charge in [0, 0.05) is 41.9 Å². The molecule has 0 saturated carbocycles. The lowest BCUT2D eigenvalue weighted by Crippen LogP contribution is -2.33. The fraction of sp³-hybridized carbons (Fsp3) is 0.227. The molecule has 1 aliphatic rings. The standard InChI is InChI=1S/C22H20FN7O/c1-13-14(2)21(28-30-12-25-27-20(13)30)29-8-7-19-16(11-29)9-18(10-24-19)26-22(31)15-3-5-17(23)6-4-15/h3-6,9-10,12H,7-8,11H2,1-2H3,(H,26,31). The molecule has 0 bridgehead atoms. The van der Waals surface area contributed by atoms with Crippen molar-refractivity contribution in [3.8, 4) is 0 Å². The molecule has 1 N–H and O–H groups in total. The van der Waals surface area contributed by atoms with Crippen molar-refractivity contribution >= 4 is 23.1 Å². The van der Waals surface area contributed by atoms with Gasteiger partial charge in [-0.05, 0) is 49.7 Å². The number of nitrogens with zero attached hydrogens (tertiary/aromatic N) is 6. The van der Waals surface area contributed by atoms with Crippen LogP contribution in [0, 0.1) is 19.7 Å². The summed E-state index contributed by atoms with van der Waals surface area (Å²) in [5.41, 5.74) is 5.90. The van der Waals surface area contributed by atoms with Crippen molar-refractivity contribution in [3.05, 3.63) is 76.6 Å². The van der Waals surface area contributed by atoms with Gasteiger partial charge in [0.15, 0.2) is 11.5 Å². The molecule has 0 radical (unpaired) electrons. The third kappa shape index (κ3) is 3.48. The van der Waals surface area contributed by atoms with E-state index in [0.717, 1.165) is 46.8 Å². The zero-order chi connectivity index (χ0) is 21.5. The van der Waals surface area contributed by atoms with Gasteiger partial charge in [-0.2, -0.15) is 4.52 Å². The zero-order valence-electron chi connectivity index (χ0n) is 17.1. The number of amides is 1. The maximum atomic E-state index is 13.1. The number of anilines is 2. The van der Waals surface area contributed by atoms with Crippen molar-refractivity contribution < 1.29 is 9.18 Å². The molecule has 0 spiro atoms. The fourth-order valence-corrected chi connectivity index (χ4v) is 3.84. The highest BCUT2D eigenvalue weighted by atomic mass is 19.1. The molecule has 0 atom stereocenters. The first kappa shape index (κ1) is 19.1. The Hall–Kier alpha value is -3.88. The van der Waals surface area contributed by atoms with Gasteiger partial charge >= 0.3 is 0 Å². The highest BCUT2D eigenvalue weighted by molar-refractivity contribution is 6.04. The number of hydrogen-bond acceptors (Lipinski definition) is 6. The Morgan fingerprint density at radius 3 is 2.77 bits per heavy atom. The lowest BCUT2D eigenvalue weighted by molar-refractivity contribution is 0.102. The number of benzene rings is 1. The van der Waals surface area contributed by atoms with Crippen LogP contribution in [0.4, 0.5) is 15.9 Å². The summed E-state index contributed by atoms with van der Waals surface area (Å²) in [5, 5.41) is 15.6. The van der Waals surface area contributed by atoms with Gasteiger partial charge in [-0.3, -0.25) is 9.78 Å². The highest BCUT2D eigenvalue weighted by Crippen LogP contribution is 2.28. The Balaban J connectivity index is 1.40. The summed E-state index contributed by atoms with van der Waals surface area (Å²) in [6.07, 6.45) is 4.04. The van der Waals surface area contributed by atoms with E-state index >= 15 is 0 Å². The molecule has 1 aliphatic heterocycles. The smallest absolute Gasteiger partial charge is 0.255 e. The quantitative estimate of drug-likeness (QED) is 0.551. The molecular weight excluding hydrogens is 397 g/mol. The lowest BCUT2D eigenvalue weighted by Gasteiger charge is -2.30. The number of rotatable bonds is 3. The summed E-state index contributed by atoms with van der Waals surface area (Å²) in [6.45, 7) is 5.48. The molecule has 0 aliphatic carbocycles. The van der Waals surface area contributed by atoms with Crippen molar-refractivity contribution in [3.63, 3.8) is 0 Å². The largest absolute Gasteiger partial charge is 0.350 e. The van der Waals surface area contributed by atoms with Crippen LogP contribution in [0.5, 0.6) is 0 Å². The molecular formula is C22H20FN7O. The first-order chi connectivity index (χ1) is 15.0. The predicted molar refractivity (Wildman–Crippen MR) is 114 cm³/mol. The lowest BCUT2D eigenvalue weighted by atomic mass is 10.0. The number of pyridine rings is 1. The Labute approximate surface area is 177 Å². The maximum Gasteiger partial charge on any atom is 0.255 e. The Morgan fingerprint density at radius 1 is 1.16 bits per heavy atom. The van der Waals surface area contributed by atoms with Gasteiger partial charge in [-0.25, -0.2) is 4.39 Å². The van der Waals surface area contributed by atoms with Crippen molar-refractivity contribution in [1.29, 1.82) is 0 Å². The molecule has 4 aromatic rings. The summed E-state index contributed by atoms with van der Waals surface area (Å²) in [6, 6.07) is 7.38. The summed E-state index contributed by atoms with van der Waals surface area (Å²) < 4.78 is 14.8. The number of carbonyl (C=O) groups excluding carboxylic acids is 1. The molecule has 4 heterocycles. The van der Waals surface area contributed by atoms with E-state index in [2.05, 4.69) is 25.4 Å². The van der Waals surface area contributed by atoms with Crippen LogP contribution < -0.4 is 10.2 Å². The van der Waals surface area contributed by atoms with Crippen molar-refractivity contribution in [2.75, 3.05) is 16.8 Å². The van der Waals surface area contributed by atoms with Crippen LogP contribution in [0.1, 0.15) is 32.7 Å². The van der Waals surface area contributed by atoms with Crippen molar-refractivity contribution in [2.45, 2.75) is 26.8 Å². The van der Waals surface area contributed by atoms with Crippen LogP contribution in [0.25, 0.3) is 5.65 Å². The minimum absolute atomic E-state index is 0.305. The van der Waals surface area contributed by atoms with Gasteiger partial charge < -0.3 is 10.2 Å². The van der Waals surface area contributed by atoms with Gasteiger partial charge in [0.05, 0.1) is 11.9 Å². The number of aryl methyl sites for hydroxylation is 1. The van der Waals surface area contributed by atoms with Crippen LogP contribution in [0.3, 0.4) is 0 Å². The average Bonchev–Trinajstić information content (AvgIpc) is 3.25. The second-order valence-electron chi connectivity index (χ2n) is 7.64. The molecule has 0 unspecified atom stereocenters. The van der Waals surface area contributed by atoms with E-state index in [1.54, 1.807) is 17.0 Å². The van der Waals surface area contributed by atoms with E-state index in [0.29, 0.717) is 17.8 Å². The Morgan fingerprint density at radius 2 is 1.97 bits per heavy atom. The number of halogens is 1. The summed E-state index contributed by atoms with van der Waals surface area (Å²) in [7, 11) is 0. The molecule has 8 nitrogen and oxygen atoms in total. The second-order valence-corrected chi connectivity index (χ2v) is 7.64. The van der Waals surface area contributed by atoms with Gasteiger partial charge in [-0.1, -0.05) is 0 Å². The van der Waals surface area contributed by atoms with Gasteiger partial charge in [-0.15, -0.1) is 15.3 Å². The number of nitrogens with one attached hydrogen (secondary N) is 1. The summed E-state index contributed by atoms with van der Waals surface area (Å²) in [4.78, 5) is 19.2. The van der Waals surface area contributed by atoms with E-state index in [1.165, 1.54) is 24.3 Å². The van der Waals surface area contributed by atoms with Crippen LogP contribution in [0.2, 0.25) is 0 Å². The van der Waals surface area contributed by atoms with Gasteiger partial charge in [0.1, 0.15) is 12.1 Å². The molecule has 0 saturated heterocycles. The normalized spacial score (nSPS) is 13.3. The molecule has 5 rings (SSSR count). The minimum atomic E-state index is -0.379. The van der Waals surface area contributed by atoms with Gasteiger partial charge in [0.25, 0.3) is 5.91 Å². The molecule has 0 fully saturated rings. The predicted octanol–water partition coefficient (Wildman–Crippen LogP) is 3.09. The zero-order valence-corrected chi connectivity index (χ0v) is 17.1. The minimum Gasteiger partial charge on any atom is -0.350 e. The summed E-state index contributed by atoms with van der Waals surface area (Å²) >= 11 is 0. The van der Waals surface area contributed by atoms with E-state index in [4.69, 9.17) is 5.10 Å². The van der Waals surface area contributed by atoms with Crippen molar-refractivity contribution in [1.82, 2.24) is 24.8 Å². The van der Waals surface area contributed by atoms with Crippen LogP contribution in [-0.2, 0) is 13.0 Å². The molecule has 1 aromatic carbocycles. The molecule has 9 heteroatoms. The number of aromatic nitrogens is 5. The third-order valence-corrected chi connectivity index (χ3v) is 5.67. The monoisotopic (exact) mass is 417 g/mol. The van der Waals surface area contributed by atoms with E-state index in [-0.39, 0.29) is 11.7 Å². The van der Waals surface area contributed by atoms with E-state index in [1.807, 2.05) is 19.9 Å². The molecule has 156 valence electrons. The third-order valence-electron chi connectivity index (χ3n) is 5.67. The highest BCUT2D eigenvalue weighted by Gasteiger charge is 2.23. The van der Waals surface area contributed by atoms with E-state index < -0.39 is 0 Å². The number of hydrogen-bond donors (Lipinski definition) is 1. The van der Waals surface area contributed by atoms with Crippen LogP contribution in [0.15, 0.2) is 42.9 Å². The summed E-state index contributed by atoms with van der Waals surface area (Å²) in [5.74, 6) is 0.202. The van der Waals surface area contributed by atoms with Crippen molar-refractivity contribution in [2.24, 2.45) is 0 Å². The molecule has 1 amide bonds. The fourth-order valence-electron chi connectivity index (χ4n) is 3.84. The second kappa shape index (κ2) is 7.42. The van der Waals surface area contributed by atoms with Crippen LogP contribution >= 0.6 is 0 Å². The number of fused-ring (bicyclic) bond motifs is 2. The molecule has 31 heavy (non-hydrogen) atoms. The SMILES string of the molecule is Cc1c(N2CCc3ncc(NC(=O)c4ccc(F)cc4)cc3C2)nn2cnnc2c1C. The van der Waals surface area contributed by atoms with Crippen LogP contribution in [-0.4, -0.2) is 37.2 Å². The Bertz CT molecular complexity index is 1300. The molecule has 3 aromatic heterocycles.